The van der Waals surface area contributed by atoms with Gasteiger partial charge in [0.2, 0.25) is 0 Å². The summed E-state index contributed by atoms with van der Waals surface area (Å²) >= 11 is 0. The van der Waals surface area contributed by atoms with Crippen LogP contribution in [0.25, 0.3) is 0 Å². The molecule has 0 bridgehead atoms. The highest BCUT2D eigenvalue weighted by molar-refractivity contribution is 7.94. The SMILES string of the molecule is Cc1ccc(OP(=O)(NS(=O)(=O)c2ccccc2)Oc2ccc(C)cc2)cc1. The van der Waals surface area contributed by atoms with E-state index >= 15 is 0 Å². The normalized spacial score (nSPS) is 11.8. The number of rotatable bonds is 7. The molecule has 0 atom stereocenters. The lowest BCUT2D eigenvalue weighted by molar-refractivity contribution is 0.381. The second-order valence-electron chi connectivity index (χ2n) is 6.21. The van der Waals surface area contributed by atoms with Gasteiger partial charge in [0.1, 0.15) is 11.5 Å². The van der Waals surface area contributed by atoms with Gasteiger partial charge in [-0.25, -0.2) is 13.0 Å². The van der Waals surface area contributed by atoms with Gasteiger partial charge >= 0.3 is 7.75 Å². The summed E-state index contributed by atoms with van der Waals surface area (Å²) in [5.74, 6) is 0.439. The Balaban J connectivity index is 1.94. The molecule has 0 saturated heterocycles. The minimum absolute atomic E-state index is 0.0461. The molecule has 146 valence electrons. The fraction of sp³-hybridized carbons (Fsp3) is 0.100. The van der Waals surface area contributed by atoms with E-state index in [-0.39, 0.29) is 16.4 Å². The summed E-state index contributed by atoms with van der Waals surface area (Å²) in [7, 11) is -8.46. The van der Waals surface area contributed by atoms with Crippen LogP contribution in [0.4, 0.5) is 0 Å². The maximum Gasteiger partial charge on any atom is 0.526 e. The third-order valence-corrected chi connectivity index (χ3v) is 7.43. The maximum absolute atomic E-state index is 13.4. The van der Waals surface area contributed by atoms with Crippen molar-refractivity contribution in [2.45, 2.75) is 18.7 Å². The van der Waals surface area contributed by atoms with E-state index in [1.807, 2.05) is 13.8 Å². The van der Waals surface area contributed by atoms with Crippen molar-refractivity contribution in [3.63, 3.8) is 0 Å². The molecule has 1 N–H and O–H groups in total. The molecule has 0 aliphatic heterocycles. The molecule has 8 heteroatoms. The van der Waals surface area contributed by atoms with Crippen LogP contribution in [0.2, 0.25) is 0 Å². The second-order valence-corrected chi connectivity index (χ2v) is 9.78. The summed E-state index contributed by atoms with van der Waals surface area (Å²) in [5, 5.41) is 0. The van der Waals surface area contributed by atoms with Crippen molar-refractivity contribution in [1.82, 2.24) is 4.49 Å². The van der Waals surface area contributed by atoms with Crippen molar-refractivity contribution in [2.75, 3.05) is 0 Å². The Bertz CT molecular complexity index is 1030. The molecule has 0 fully saturated rings. The Morgan fingerprint density at radius 3 is 1.57 bits per heavy atom. The summed E-state index contributed by atoms with van der Waals surface area (Å²) in [5.41, 5.74) is 1.96. The first-order valence-electron chi connectivity index (χ1n) is 8.47. The van der Waals surface area contributed by atoms with Crippen molar-refractivity contribution in [2.24, 2.45) is 0 Å². The van der Waals surface area contributed by atoms with Crippen LogP contribution in [0, 0.1) is 13.8 Å². The van der Waals surface area contributed by atoms with Gasteiger partial charge in [-0.2, -0.15) is 0 Å². The van der Waals surface area contributed by atoms with Crippen LogP contribution in [-0.4, -0.2) is 8.42 Å². The molecule has 0 saturated carbocycles. The molecule has 28 heavy (non-hydrogen) atoms. The average molecular weight is 417 g/mol. The molecule has 0 spiro atoms. The fourth-order valence-electron chi connectivity index (χ4n) is 2.33. The van der Waals surface area contributed by atoms with E-state index < -0.39 is 17.8 Å². The van der Waals surface area contributed by atoms with E-state index in [0.29, 0.717) is 0 Å². The third-order valence-electron chi connectivity index (χ3n) is 3.78. The van der Waals surface area contributed by atoms with Crippen LogP contribution in [0.15, 0.2) is 83.8 Å². The molecular weight excluding hydrogens is 397 g/mol. The zero-order valence-corrected chi connectivity index (χ0v) is 17.1. The van der Waals surface area contributed by atoms with Crippen LogP contribution in [0.1, 0.15) is 11.1 Å². The van der Waals surface area contributed by atoms with Gasteiger partial charge in [0.15, 0.2) is 0 Å². The quantitative estimate of drug-likeness (QED) is 0.556. The highest BCUT2D eigenvalue weighted by atomic mass is 32.2. The van der Waals surface area contributed by atoms with Gasteiger partial charge in [0, 0.05) is 0 Å². The van der Waals surface area contributed by atoms with Gasteiger partial charge in [-0.3, -0.25) is 0 Å². The van der Waals surface area contributed by atoms with Crippen molar-refractivity contribution in [1.29, 1.82) is 0 Å². The first-order valence-corrected chi connectivity index (χ1v) is 11.5. The second kappa shape index (κ2) is 8.19. The number of sulfonamides is 1. The summed E-state index contributed by atoms with van der Waals surface area (Å²) in [6.45, 7) is 3.79. The fourth-order valence-corrected chi connectivity index (χ4v) is 5.58. The number of hydrogen-bond acceptors (Lipinski definition) is 5. The number of nitrogens with one attached hydrogen (secondary N) is 1. The Morgan fingerprint density at radius 2 is 1.14 bits per heavy atom. The van der Waals surface area contributed by atoms with Crippen LogP contribution >= 0.6 is 7.75 Å². The topological polar surface area (TPSA) is 81.7 Å². The predicted octanol–water partition coefficient (Wildman–Crippen LogP) is 4.85. The summed E-state index contributed by atoms with van der Waals surface area (Å²) < 4.78 is 51.8. The van der Waals surface area contributed by atoms with E-state index in [1.54, 1.807) is 66.7 Å². The van der Waals surface area contributed by atoms with Gasteiger partial charge in [-0.05, 0) is 50.2 Å². The van der Waals surface area contributed by atoms with Gasteiger partial charge in [0.05, 0.1) is 4.90 Å². The molecule has 0 aromatic heterocycles. The van der Waals surface area contributed by atoms with E-state index in [2.05, 4.69) is 4.49 Å². The minimum Gasteiger partial charge on any atom is -0.404 e. The molecule has 3 aromatic rings. The molecule has 0 radical (unpaired) electrons. The Kier molecular flexibility index (Phi) is 5.89. The highest BCUT2D eigenvalue weighted by Crippen LogP contribution is 2.46. The molecular formula is C20H20NO5PS. The maximum atomic E-state index is 13.4. The van der Waals surface area contributed by atoms with Crippen molar-refractivity contribution >= 4 is 17.8 Å². The van der Waals surface area contributed by atoms with Crippen molar-refractivity contribution in [3.8, 4) is 11.5 Å². The lowest BCUT2D eigenvalue weighted by Gasteiger charge is -2.20. The molecule has 3 aromatic carbocycles. The van der Waals surface area contributed by atoms with Crippen molar-refractivity contribution in [3.05, 3.63) is 90.0 Å². The zero-order valence-electron chi connectivity index (χ0n) is 15.4. The molecule has 0 aliphatic rings. The molecule has 6 nitrogen and oxygen atoms in total. The van der Waals surface area contributed by atoms with E-state index in [9.17, 15) is 13.0 Å². The average Bonchev–Trinajstić information content (AvgIpc) is 2.66. The number of hydrogen-bond donors (Lipinski definition) is 1. The first kappa shape index (κ1) is 20.1. The van der Waals surface area contributed by atoms with Gasteiger partial charge in [-0.1, -0.05) is 58.1 Å². The van der Waals surface area contributed by atoms with E-state index in [0.717, 1.165) is 11.1 Å². The van der Waals surface area contributed by atoms with Crippen LogP contribution in [0.5, 0.6) is 11.5 Å². The largest absolute Gasteiger partial charge is 0.526 e. The summed E-state index contributed by atoms with van der Waals surface area (Å²) in [6.07, 6.45) is 0. The van der Waals surface area contributed by atoms with Crippen LogP contribution in [-0.2, 0) is 14.6 Å². The van der Waals surface area contributed by atoms with E-state index in [1.165, 1.54) is 12.1 Å². The predicted molar refractivity (Wildman–Crippen MR) is 108 cm³/mol. The van der Waals surface area contributed by atoms with Crippen LogP contribution in [0.3, 0.4) is 0 Å². The van der Waals surface area contributed by atoms with Gasteiger partial charge in [-0.15, -0.1) is 0 Å². The highest BCUT2D eigenvalue weighted by Gasteiger charge is 2.35. The van der Waals surface area contributed by atoms with Gasteiger partial charge in [0.25, 0.3) is 10.0 Å². The molecule has 0 aliphatic carbocycles. The molecule has 0 amide bonds. The Morgan fingerprint density at radius 1 is 0.714 bits per heavy atom. The minimum atomic E-state index is -4.32. The summed E-state index contributed by atoms with van der Waals surface area (Å²) in [4.78, 5) is -0.0461. The molecule has 0 heterocycles. The standard InChI is InChI=1S/C20H20NO5PS/c1-16-8-12-18(13-9-16)25-27(22,26-19-14-10-17(2)11-15-19)21-28(23,24)20-6-4-3-5-7-20/h3-15H,1-2H3,(H,21,22). The third kappa shape index (κ3) is 5.23. The Hall–Kier alpha value is -2.60. The van der Waals surface area contributed by atoms with E-state index in [4.69, 9.17) is 9.05 Å². The number of benzene rings is 3. The van der Waals surface area contributed by atoms with Crippen molar-refractivity contribution < 1.29 is 22.0 Å². The number of aryl methyl sites for hydroxylation is 2. The molecule has 0 unspecified atom stereocenters. The van der Waals surface area contributed by atoms with Gasteiger partial charge < -0.3 is 9.05 Å². The smallest absolute Gasteiger partial charge is 0.404 e. The lowest BCUT2D eigenvalue weighted by atomic mass is 10.2. The van der Waals surface area contributed by atoms with Crippen LogP contribution < -0.4 is 13.5 Å². The zero-order chi connectivity index (χ0) is 20.2. The lowest BCUT2D eigenvalue weighted by Crippen LogP contribution is -2.26. The Labute approximate surface area is 164 Å². The molecule has 3 rings (SSSR count). The first-order chi connectivity index (χ1) is 13.3. The summed E-state index contributed by atoms with van der Waals surface area (Å²) in [6, 6.07) is 21.0. The monoisotopic (exact) mass is 417 g/mol.